The molecule has 4 aromatic rings. The van der Waals surface area contributed by atoms with Crippen molar-refractivity contribution in [2.24, 2.45) is 5.92 Å². The van der Waals surface area contributed by atoms with Gasteiger partial charge >= 0.3 is 12.2 Å². The zero-order chi connectivity index (χ0) is 47.0. The van der Waals surface area contributed by atoms with E-state index in [1.165, 1.54) is 0 Å². The van der Waals surface area contributed by atoms with Crippen molar-refractivity contribution in [1.29, 1.82) is 0 Å². The summed E-state index contributed by atoms with van der Waals surface area (Å²) in [6, 6.07) is 17.1. The van der Waals surface area contributed by atoms with Crippen molar-refractivity contribution >= 4 is 45.1 Å². The Morgan fingerprint density at radius 1 is 0.894 bits per heavy atom. The number of amides is 2. The number of anilines is 2. The van der Waals surface area contributed by atoms with Crippen LogP contribution in [0, 0.1) is 19.8 Å². The van der Waals surface area contributed by atoms with Crippen molar-refractivity contribution in [2.75, 3.05) is 68.2 Å². The van der Waals surface area contributed by atoms with Crippen LogP contribution in [0.2, 0.25) is 0 Å². The average molecular weight is 927 g/mol. The number of nitrogens with zero attached hydrogens (tertiary/aromatic N) is 7. The smallest absolute Gasteiger partial charge is 0.410 e. The van der Waals surface area contributed by atoms with Crippen LogP contribution in [0.25, 0.3) is 5.65 Å². The Bertz CT molecular complexity index is 2410. The summed E-state index contributed by atoms with van der Waals surface area (Å²) in [6.45, 7) is 15.6. The molecule has 2 saturated heterocycles. The lowest BCUT2D eigenvalue weighted by molar-refractivity contribution is 0.0172. The zero-order valence-corrected chi connectivity index (χ0v) is 40.7. The van der Waals surface area contributed by atoms with E-state index in [2.05, 4.69) is 20.6 Å². The number of fused-ring (bicyclic) bond motifs is 1. The molecule has 3 aliphatic rings. The second-order valence-corrected chi connectivity index (χ2v) is 21.4. The molecule has 3 fully saturated rings. The van der Waals surface area contributed by atoms with E-state index in [4.69, 9.17) is 19.6 Å². The highest BCUT2D eigenvalue weighted by molar-refractivity contribution is 7.92. The maximum absolute atomic E-state index is 14.3. The predicted octanol–water partition coefficient (Wildman–Crippen LogP) is 8.60. The number of aromatic nitrogens is 3. The topological polar surface area (TPSA) is 159 Å². The second kappa shape index (κ2) is 21.6. The summed E-state index contributed by atoms with van der Waals surface area (Å²) in [5.41, 5.74) is 4.60. The molecule has 0 bridgehead atoms. The molecule has 358 valence electrons. The van der Waals surface area contributed by atoms with Crippen molar-refractivity contribution in [3.8, 4) is 0 Å². The Morgan fingerprint density at radius 3 is 2.36 bits per heavy atom. The Morgan fingerprint density at radius 2 is 1.64 bits per heavy atom. The number of rotatable bonds is 14. The summed E-state index contributed by atoms with van der Waals surface area (Å²) < 4.78 is 40.5. The normalized spacial score (nSPS) is 20.1. The number of aryl methyl sites for hydroxylation is 2. The SMILES string of the molecule is Cc1ccc(C(=O)C2CCCCCCC(c3cc4nc(N5CC[C@H](N(CCCCN6CCN(C(=O)OCc7ccccc7)CC6)C(=O)OC(C)(C)C)C5)c(C)cn4n3)C2)c(NS(C)(=O)=O)c1. The first-order valence-electron chi connectivity index (χ1n) is 23.9. The third-order valence-corrected chi connectivity index (χ3v) is 13.7. The van der Waals surface area contributed by atoms with Gasteiger partial charge in [-0.1, -0.05) is 62.1 Å². The molecule has 1 saturated carbocycles. The number of nitrogens with one attached hydrogen (secondary N) is 1. The Hall–Kier alpha value is -5.22. The molecule has 2 aromatic carbocycles. The number of benzene rings is 2. The van der Waals surface area contributed by atoms with Crippen LogP contribution in [-0.4, -0.2) is 126 Å². The van der Waals surface area contributed by atoms with Gasteiger partial charge in [0.15, 0.2) is 11.4 Å². The third kappa shape index (κ3) is 13.2. The monoisotopic (exact) mass is 927 g/mol. The largest absolute Gasteiger partial charge is 0.445 e. The van der Waals surface area contributed by atoms with E-state index in [1.807, 2.05) is 86.6 Å². The van der Waals surface area contributed by atoms with Gasteiger partial charge in [0.1, 0.15) is 18.0 Å². The molecule has 2 amide bonds. The lowest BCUT2D eigenvalue weighted by atomic mass is 9.82. The number of ketones is 1. The lowest BCUT2D eigenvalue weighted by Crippen LogP contribution is -2.49. The van der Waals surface area contributed by atoms with Gasteiger partial charge in [-0.05, 0) is 103 Å². The summed E-state index contributed by atoms with van der Waals surface area (Å²) in [7, 11) is -3.58. The fraction of sp³-hybridized carbons (Fsp3) is 0.580. The van der Waals surface area contributed by atoms with Crippen LogP contribution in [0.5, 0.6) is 0 Å². The van der Waals surface area contributed by atoms with Crippen LogP contribution in [0.4, 0.5) is 21.1 Å². The zero-order valence-electron chi connectivity index (χ0n) is 39.8. The minimum atomic E-state index is -3.58. The van der Waals surface area contributed by atoms with E-state index in [0.29, 0.717) is 43.9 Å². The Kier molecular flexibility index (Phi) is 15.9. The summed E-state index contributed by atoms with van der Waals surface area (Å²) in [5.74, 6) is 0.595. The highest BCUT2D eigenvalue weighted by Gasteiger charge is 2.35. The quantitative estimate of drug-likeness (QED) is 0.0954. The minimum Gasteiger partial charge on any atom is -0.445 e. The van der Waals surface area contributed by atoms with Crippen LogP contribution < -0.4 is 9.62 Å². The first-order chi connectivity index (χ1) is 31.5. The van der Waals surface area contributed by atoms with Gasteiger partial charge in [-0.15, -0.1) is 0 Å². The molecule has 4 heterocycles. The van der Waals surface area contributed by atoms with Gasteiger partial charge in [-0.25, -0.2) is 27.5 Å². The van der Waals surface area contributed by atoms with E-state index in [-0.39, 0.29) is 42.5 Å². The van der Waals surface area contributed by atoms with Gasteiger partial charge in [0.05, 0.1) is 23.7 Å². The van der Waals surface area contributed by atoms with Crippen molar-refractivity contribution in [3.05, 3.63) is 88.7 Å². The first kappa shape index (κ1) is 48.7. The standard InChI is InChI=1S/C50H70N8O7S/c1-36-20-21-42(44(30-36)53-66(6,62)63)46(59)40-19-13-8-7-12-18-39(31-40)43-32-45-51-47(37(2)33-58(45)52-43)56-25-22-41(34-56)57(49(61)65-50(3,4)5)24-15-14-23-54-26-28-55(29-27-54)48(60)64-35-38-16-10-9-11-17-38/h9-11,16-17,20-21,30,32-33,39-41,53H,7-8,12-15,18-19,22-29,31,34-35H2,1-6H3/t39?,40?,41-/m0/s1. The van der Waals surface area contributed by atoms with Gasteiger partial charge < -0.3 is 24.2 Å². The van der Waals surface area contributed by atoms with Crippen LogP contribution in [-0.2, 0) is 26.1 Å². The number of hydrogen-bond acceptors (Lipinski definition) is 11. The number of unbranched alkanes of at least 4 members (excludes halogenated alkanes) is 1. The first-order valence-corrected chi connectivity index (χ1v) is 25.8. The van der Waals surface area contributed by atoms with Crippen molar-refractivity contribution < 1.29 is 32.3 Å². The lowest BCUT2D eigenvalue weighted by Gasteiger charge is -2.34. The summed E-state index contributed by atoms with van der Waals surface area (Å²) in [4.78, 5) is 54.2. The third-order valence-electron chi connectivity index (χ3n) is 13.1. The number of carbonyl (C=O) groups is 3. The van der Waals surface area contributed by atoms with Crippen LogP contribution in [0.3, 0.4) is 0 Å². The van der Waals surface area contributed by atoms with E-state index in [0.717, 1.165) is 124 Å². The molecule has 1 aliphatic carbocycles. The molecule has 0 spiro atoms. The fourth-order valence-electron chi connectivity index (χ4n) is 9.65. The molecule has 3 atom stereocenters. The molecule has 15 nitrogen and oxygen atoms in total. The molecular formula is C50H70N8O7S. The van der Waals surface area contributed by atoms with Crippen molar-refractivity contribution in [1.82, 2.24) is 29.3 Å². The van der Waals surface area contributed by atoms with E-state index in [1.54, 1.807) is 17.0 Å². The van der Waals surface area contributed by atoms with E-state index >= 15 is 0 Å². The van der Waals surface area contributed by atoms with Crippen LogP contribution in [0.1, 0.15) is 124 Å². The fourth-order valence-corrected chi connectivity index (χ4v) is 10.2. The summed E-state index contributed by atoms with van der Waals surface area (Å²) in [6.07, 6.45) is 11.5. The number of hydrogen-bond donors (Lipinski definition) is 1. The maximum atomic E-state index is 14.3. The molecular weight excluding hydrogens is 857 g/mol. The summed E-state index contributed by atoms with van der Waals surface area (Å²) in [5, 5.41) is 5.05. The molecule has 2 aromatic heterocycles. The van der Waals surface area contributed by atoms with Crippen molar-refractivity contribution in [3.63, 3.8) is 0 Å². The maximum Gasteiger partial charge on any atom is 0.410 e. The van der Waals surface area contributed by atoms with Gasteiger partial charge in [0, 0.05) is 81.0 Å². The second-order valence-electron chi connectivity index (χ2n) is 19.7. The highest BCUT2D eigenvalue weighted by atomic mass is 32.2. The number of Topliss-reactive ketones (excluding diaryl/α,β-unsaturated/α-hetero) is 1. The molecule has 7 rings (SSSR count). The van der Waals surface area contributed by atoms with Gasteiger partial charge in [-0.2, -0.15) is 5.10 Å². The predicted molar refractivity (Wildman–Crippen MR) is 258 cm³/mol. The number of piperazine rings is 1. The van der Waals surface area contributed by atoms with Crippen LogP contribution in [0.15, 0.2) is 60.8 Å². The number of ether oxygens (including phenoxy) is 2. The number of carbonyl (C=O) groups excluding carboxylic acids is 3. The van der Waals surface area contributed by atoms with Gasteiger partial charge in [0.2, 0.25) is 10.0 Å². The Balaban J connectivity index is 0.977. The van der Waals surface area contributed by atoms with Crippen molar-refractivity contribution in [2.45, 2.75) is 123 Å². The molecule has 16 heteroatoms. The van der Waals surface area contributed by atoms with Gasteiger partial charge in [0.25, 0.3) is 0 Å². The van der Waals surface area contributed by atoms with E-state index in [9.17, 15) is 22.8 Å². The minimum absolute atomic E-state index is 0.0361. The van der Waals surface area contributed by atoms with E-state index < -0.39 is 15.6 Å². The molecule has 2 unspecified atom stereocenters. The number of sulfonamides is 1. The highest BCUT2D eigenvalue weighted by Crippen LogP contribution is 2.37. The molecule has 0 radical (unpaired) electrons. The average Bonchev–Trinajstić information content (AvgIpc) is 3.94. The molecule has 2 aliphatic heterocycles. The van der Waals surface area contributed by atoms with Crippen LogP contribution >= 0.6 is 0 Å². The summed E-state index contributed by atoms with van der Waals surface area (Å²) >= 11 is 0. The van der Waals surface area contributed by atoms with Gasteiger partial charge in [-0.3, -0.25) is 14.4 Å². The Labute approximate surface area is 391 Å². The molecule has 1 N–H and O–H groups in total. The molecule has 66 heavy (non-hydrogen) atoms.